The number of carboxylic acid groups (broad SMARTS) is 1. The first kappa shape index (κ1) is 14.1. The van der Waals surface area contributed by atoms with Crippen LogP contribution in [0.4, 0.5) is 0 Å². The van der Waals surface area contributed by atoms with E-state index in [9.17, 15) is 9.59 Å². The minimum atomic E-state index is -1.03. The summed E-state index contributed by atoms with van der Waals surface area (Å²) < 4.78 is 1.38. The van der Waals surface area contributed by atoms with E-state index in [2.05, 4.69) is 15.4 Å². The first-order chi connectivity index (χ1) is 8.41. The van der Waals surface area contributed by atoms with Gasteiger partial charge in [-0.15, -0.1) is 0 Å². The fraction of sp³-hybridized carbons (Fsp3) is 0.636. The maximum atomic E-state index is 11.9. The van der Waals surface area contributed by atoms with E-state index in [0.717, 1.165) is 0 Å². The van der Waals surface area contributed by atoms with Crippen LogP contribution in [-0.2, 0) is 9.59 Å². The van der Waals surface area contributed by atoms with Gasteiger partial charge in [-0.25, -0.2) is 14.5 Å². The van der Waals surface area contributed by atoms with Gasteiger partial charge in [0.15, 0.2) is 0 Å². The molecule has 0 aliphatic rings. The predicted octanol–water partition coefficient (Wildman–Crippen LogP) is 0.455. The van der Waals surface area contributed by atoms with Crippen LogP contribution in [0.1, 0.15) is 33.2 Å². The van der Waals surface area contributed by atoms with E-state index in [1.807, 2.05) is 13.8 Å². The fourth-order valence-electron chi connectivity index (χ4n) is 1.52. The number of nitrogens with zero attached hydrogens (tertiary/aromatic N) is 3. The Kier molecular flexibility index (Phi) is 4.82. The van der Waals surface area contributed by atoms with Gasteiger partial charge in [-0.2, -0.15) is 5.10 Å². The van der Waals surface area contributed by atoms with Crippen molar-refractivity contribution in [1.82, 2.24) is 20.1 Å². The summed E-state index contributed by atoms with van der Waals surface area (Å²) in [6.45, 7) is 5.45. The van der Waals surface area contributed by atoms with Crippen molar-refractivity contribution in [1.29, 1.82) is 0 Å². The molecule has 0 fully saturated rings. The maximum absolute atomic E-state index is 11.9. The molecule has 1 aromatic rings. The van der Waals surface area contributed by atoms with Crippen LogP contribution in [0.5, 0.6) is 0 Å². The smallest absolute Gasteiger partial charge is 0.326 e. The first-order valence-corrected chi connectivity index (χ1v) is 5.79. The summed E-state index contributed by atoms with van der Waals surface area (Å²) in [4.78, 5) is 26.6. The topological polar surface area (TPSA) is 97.1 Å². The van der Waals surface area contributed by atoms with Gasteiger partial charge in [0.2, 0.25) is 5.91 Å². The van der Waals surface area contributed by atoms with Gasteiger partial charge in [0.1, 0.15) is 24.7 Å². The van der Waals surface area contributed by atoms with Crippen molar-refractivity contribution in [2.75, 3.05) is 0 Å². The molecule has 1 rings (SSSR count). The average molecular weight is 254 g/mol. The summed E-state index contributed by atoms with van der Waals surface area (Å²) in [7, 11) is 0. The molecule has 0 spiro atoms. The Balaban J connectivity index is 2.64. The molecule has 0 saturated heterocycles. The minimum absolute atomic E-state index is 0.188. The van der Waals surface area contributed by atoms with Crippen LogP contribution in [0.15, 0.2) is 12.7 Å². The Morgan fingerprint density at radius 2 is 2.06 bits per heavy atom. The highest BCUT2D eigenvalue weighted by Gasteiger charge is 2.24. The molecule has 1 aromatic heterocycles. The van der Waals surface area contributed by atoms with E-state index in [4.69, 9.17) is 5.11 Å². The molecule has 100 valence electrons. The van der Waals surface area contributed by atoms with Gasteiger partial charge in [0.25, 0.3) is 0 Å². The van der Waals surface area contributed by atoms with E-state index >= 15 is 0 Å². The Hall–Kier alpha value is -1.92. The lowest BCUT2D eigenvalue weighted by atomic mass is 10.0. The Bertz CT molecular complexity index is 402. The Labute approximate surface area is 105 Å². The van der Waals surface area contributed by atoms with E-state index < -0.39 is 18.1 Å². The number of carbonyl (C=O) groups excluding carboxylic acids is 1. The van der Waals surface area contributed by atoms with Crippen LogP contribution in [0.2, 0.25) is 0 Å². The molecule has 18 heavy (non-hydrogen) atoms. The molecular formula is C11H18N4O3. The standard InChI is InChI=1S/C11H18N4O3/c1-7(2)4-9(11(17)18)14-10(16)8(3)15-6-12-5-13-15/h5-9H,4H2,1-3H3,(H,14,16)(H,17,18). The highest BCUT2D eigenvalue weighted by molar-refractivity contribution is 5.85. The van der Waals surface area contributed by atoms with Crippen LogP contribution in [0.25, 0.3) is 0 Å². The number of aromatic nitrogens is 3. The van der Waals surface area contributed by atoms with Crippen molar-refractivity contribution in [3.05, 3.63) is 12.7 Å². The Morgan fingerprint density at radius 1 is 1.39 bits per heavy atom. The van der Waals surface area contributed by atoms with E-state index in [1.54, 1.807) is 6.92 Å². The van der Waals surface area contributed by atoms with Crippen molar-refractivity contribution in [2.45, 2.75) is 39.3 Å². The number of aliphatic carboxylic acids is 1. The monoisotopic (exact) mass is 254 g/mol. The molecule has 1 amide bonds. The molecule has 0 radical (unpaired) electrons. The highest BCUT2D eigenvalue weighted by atomic mass is 16.4. The van der Waals surface area contributed by atoms with Gasteiger partial charge in [-0.1, -0.05) is 13.8 Å². The molecule has 0 aliphatic heterocycles. The van der Waals surface area contributed by atoms with Gasteiger partial charge in [0.05, 0.1) is 0 Å². The molecule has 2 atom stereocenters. The van der Waals surface area contributed by atoms with Gasteiger partial charge < -0.3 is 10.4 Å². The molecule has 1 heterocycles. The van der Waals surface area contributed by atoms with Crippen LogP contribution in [0, 0.1) is 5.92 Å². The summed E-state index contributed by atoms with van der Waals surface area (Å²) in [5.41, 5.74) is 0. The van der Waals surface area contributed by atoms with Crippen molar-refractivity contribution in [2.24, 2.45) is 5.92 Å². The molecule has 0 aliphatic carbocycles. The lowest BCUT2D eigenvalue weighted by molar-refractivity contribution is -0.142. The third-order valence-corrected chi connectivity index (χ3v) is 2.53. The molecule has 7 nitrogen and oxygen atoms in total. The van der Waals surface area contributed by atoms with E-state index in [0.29, 0.717) is 6.42 Å². The second-order valence-electron chi connectivity index (χ2n) is 4.58. The quantitative estimate of drug-likeness (QED) is 0.768. The van der Waals surface area contributed by atoms with Crippen molar-refractivity contribution in [3.8, 4) is 0 Å². The fourth-order valence-corrected chi connectivity index (χ4v) is 1.52. The summed E-state index contributed by atoms with van der Waals surface area (Å²) in [6, 6.07) is -1.45. The Morgan fingerprint density at radius 3 is 2.50 bits per heavy atom. The largest absolute Gasteiger partial charge is 0.480 e. The average Bonchev–Trinajstić information content (AvgIpc) is 2.79. The summed E-state index contributed by atoms with van der Waals surface area (Å²) in [5.74, 6) is -1.22. The lowest BCUT2D eigenvalue weighted by Crippen LogP contribution is -2.44. The number of amides is 1. The number of carboxylic acids is 1. The SMILES string of the molecule is CC(C)CC(NC(=O)C(C)n1cncn1)C(=O)O. The molecule has 0 aromatic carbocycles. The van der Waals surface area contributed by atoms with Crippen molar-refractivity contribution < 1.29 is 14.7 Å². The number of carbonyl (C=O) groups is 2. The van der Waals surface area contributed by atoms with Crippen molar-refractivity contribution >= 4 is 11.9 Å². The number of nitrogens with one attached hydrogen (secondary N) is 1. The molecule has 0 bridgehead atoms. The van der Waals surface area contributed by atoms with Gasteiger partial charge >= 0.3 is 5.97 Å². The van der Waals surface area contributed by atoms with E-state index in [1.165, 1.54) is 17.3 Å². The van der Waals surface area contributed by atoms with Gasteiger partial charge in [-0.05, 0) is 19.3 Å². The van der Waals surface area contributed by atoms with E-state index in [-0.39, 0.29) is 11.8 Å². The molecule has 2 unspecified atom stereocenters. The summed E-state index contributed by atoms with van der Waals surface area (Å²) in [6.07, 6.45) is 3.14. The summed E-state index contributed by atoms with van der Waals surface area (Å²) in [5, 5.41) is 15.4. The van der Waals surface area contributed by atoms with Gasteiger partial charge in [-0.3, -0.25) is 4.79 Å². The number of hydrogen-bond donors (Lipinski definition) is 2. The molecular weight excluding hydrogens is 236 g/mol. The number of rotatable bonds is 6. The molecule has 2 N–H and O–H groups in total. The van der Waals surface area contributed by atoms with Crippen LogP contribution in [-0.4, -0.2) is 37.8 Å². The zero-order valence-corrected chi connectivity index (χ0v) is 10.7. The zero-order chi connectivity index (χ0) is 13.7. The molecule has 7 heteroatoms. The zero-order valence-electron chi connectivity index (χ0n) is 10.7. The second kappa shape index (κ2) is 6.13. The third kappa shape index (κ3) is 3.83. The molecule has 0 saturated carbocycles. The van der Waals surface area contributed by atoms with Crippen LogP contribution < -0.4 is 5.32 Å². The van der Waals surface area contributed by atoms with Crippen LogP contribution in [0.3, 0.4) is 0 Å². The normalized spacial score (nSPS) is 14.2. The highest BCUT2D eigenvalue weighted by Crippen LogP contribution is 2.08. The summed E-state index contributed by atoms with van der Waals surface area (Å²) >= 11 is 0. The second-order valence-corrected chi connectivity index (χ2v) is 4.58. The third-order valence-electron chi connectivity index (χ3n) is 2.53. The number of hydrogen-bond acceptors (Lipinski definition) is 4. The predicted molar refractivity (Wildman–Crippen MR) is 63.8 cm³/mol. The minimum Gasteiger partial charge on any atom is -0.480 e. The van der Waals surface area contributed by atoms with Crippen LogP contribution >= 0.6 is 0 Å². The van der Waals surface area contributed by atoms with Crippen molar-refractivity contribution in [3.63, 3.8) is 0 Å². The first-order valence-electron chi connectivity index (χ1n) is 5.79. The van der Waals surface area contributed by atoms with Gasteiger partial charge in [0, 0.05) is 0 Å². The lowest BCUT2D eigenvalue weighted by Gasteiger charge is -2.19. The maximum Gasteiger partial charge on any atom is 0.326 e.